The third-order valence-corrected chi connectivity index (χ3v) is 4.19. The fraction of sp³-hybridized carbons (Fsp3) is 0.533. The molecule has 21 heavy (non-hydrogen) atoms. The summed E-state index contributed by atoms with van der Waals surface area (Å²) >= 11 is 0. The number of rotatable bonds is 4. The van der Waals surface area contributed by atoms with Crippen LogP contribution in [0.2, 0.25) is 0 Å². The Morgan fingerprint density at radius 1 is 1.33 bits per heavy atom. The molecule has 1 aromatic rings. The monoisotopic (exact) mass is 290 g/mol. The number of pyridine rings is 1. The minimum atomic E-state index is -0.448. The SMILES string of the molecule is CC1(C)OB(/C=C/c2ccncc2[C@@H](N)CO)OC1(C)C. The van der Waals surface area contributed by atoms with Gasteiger partial charge in [-0.25, -0.2) is 0 Å². The van der Waals surface area contributed by atoms with Crippen molar-refractivity contribution in [3.8, 4) is 0 Å². The first kappa shape index (κ1) is 16.2. The molecule has 0 radical (unpaired) electrons. The molecule has 114 valence electrons. The van der Waals surface area contributed by atoms with Gasteiger partial charge in [0, 0.05) is 12.4 Å². The maximum Gasteiger partial charge on any atom is 0.487 e. The first-order valence-electron chi connectivity index (χ1n) is 7.11. The zero-order valence-corrected chi connectivity index (χ0v) is 13.0. The van der Waals surface area contributed by atoms with E-state index in [1.807, 2.05) is 45.8 Å². The summed E-state index contributed by atoms with van der Waals surface area (Å²) in [6, 6.07) is 1.41. The van der Waals surface area contributed by atoms with Gasteiger partial charge < -0.3 is 20.1 Å². The Labute approximate surface area is 126 Å². The van der Waals surface area contributed by atoms with Gasteiger partial charge in [-0.3, -0.25) is 4.98 Å². The minimum absolute atomic E-state index is 0.122. The predicted octanol–water partition coefficient (Wildman–Crippen LogP) is 1.72. The molecule has 0 bridgehead atoms. The predicted molar refractivity (Wildman–Crippen MR) is 83.4 cm³/mol. The van der Waals surface area contributed by atoms with Crippen LogP contribution in [0.5, 0.6) is 0 Å². The number of nitrogens with two attached hydrogens (primary N) is 1. The van der Waals surface area contributed by atoms with Crippen molar-refractivity contribution in [2.45, 2.75) is 44.9 Å². The van der Waals surface area contributed by atoms with Crippen molar-refractivity contribution in [3.63, 3.8) is 0 Å². The summed E-state index contributed by atoms with van der Waals surface area (Å²) in [6.07, 6.45) is 5.26. The van der Waals surface area contributed by atoms with E-state index in [1.54, 1.807) is 12.4 Å². The van der Waals surface area contributed by atoms with E-state index in [4.69, 9.17) is 15.0 Å². The zero-order valence-electron chi connectivity index (χ0n) is 13.0. The molecule has 1 aliphatic rings. The van der Waals surface area contributed by atoms with Crippen molar-refractivity contribution < 1.29 is 14.4 Å². The highest BCUT2D eigenvalue weighted by atomic mass is 16.7. The third-order valence-electron chi connectivity index (χ3n) is 4.19. The Kier molecular flexibility index (Phi) is 4.53. The van der Waals surface area contributed by atoms with E-state index in [1.165, 1.54) is 0 Å². The highest BCUT2D eigenvalue weighted by Gasteiger charge is 2.49. The lowest BCUT2D eigenvalue weighted by Crippen LogP contribution is -2.41. The largest absolute Gasteiger partial charge is 0.487 e. The third kappa shape index (κ3) is 3.35. The van der Waals surface area contributed by atoms with Gasteiger partial charge in [-0.05, 0) is 44.9 Å². The van der Waals surface area contributed by atoms with Crippen LogP contribution in [0.3, 0.4) is 0 Å². The minimum Gasteiger partial charge on any atom is -0.400 e. The summed E-state index contributed by atoms with van der Waals surface area (Å²) in [5, 5.41) is 9.20. The molecule has 0 saturated carbocycles. The van der Waals surface area contributed by atoms with Crippen LogP contribution in [0, 0.1) is 0 Å². The molecule has 1 saturated heterocycles. The lowest BCUT2D eigenvalue weighted by atomic mass is 9.88. The molecule has 1 aliphatic heterocycles. The molecule has 5 nitrogen and oxygen atoms in total. The second kappa shape index (κ2) is 5.89. The maximum absolute atomic E-state index is 9.20. The van der Waals surface area contributed by atoms with E-state index in [0.717, 1.165) is 11.1 Å². The quantitative estimate of drug-likeness (QED) is 0.826. The van der Waals surface area contributed by atoms with Gasteiger partial charge in [-0.2, -0.15) is 0 Å². The molecular weight excluding hydrogens is 267 g/mol. The molecule has 0 spiro atoms. The maximum atomic E-state index is 9.20. The molecule has 0 unspecified atom stereocenters. The molecule has 2 rings (SSSR count). The lowest BCUT2D eigenvalue weighted by Gasteiger charge is -2.32. The normalized spacial score (nSPS) is 21.9. The van der Waals surface area contributed by atoms with E-state index in [0.29, 0.717) is 0 Å². The molecular formula is C15H23BN2O3. The highest BCUT2D eigenvalue weighted by molar-refractivity contribution is 6.52. The highest BCUT2D eigenvalue weighted by Crippen LogP contribution is 2.37. The zero-order chi connectivity index (χ0) is 15.7. The van der Waals surface area contributed by atoms with Crippen LogP contribution in [0.15, 0.2) is 24.4 Å². The standard InChI is InChI=1S/C15H23BN2O3/c1-14(2)15(3,4)21-16(20-14)7-5-11-6-8-18-9-12(11)13(17)10-19/h5-9,13,19H,10,17H2,1-4H3/b7-5+/t13-/m0/s1. The van der Waals surface area contributed by atoms with Gasteiger partial charge in [0.1, 0.15) is 0 Å². The first-order valence-corrected chi connectivity index (χ1v) is 7.11. The average molecular weight is 290 g/mol. The molecule has 1 fully saturated rings. The van der Waals surface area contributed by atoms with Gasteiger partial charge >= 0.3 is 7.12 Å². The van der Waals surface area contributed by atoms with Gasteiger partial charge in [0.25, 0.3) is 0 Å². The smallest absolute Gasteiger partial charge is 0.400 e. The fourth-order valence-corrected chi connectivity index (χ4v) is 2.13. The van der Waals surface area contributed by atoms with Crippen LogP contribution in [0.4, 0.5) is 0 Å². The molecule has 0 amide bonds. The summed E-state index contributed by atoms with van der Waals surface area (Å²) in [5.74, 6) is 1.86. The van der Waals surface area contributed by atoms with Crippen molar-refractivity contribution >= 4 is 13.2 Å². The van der Waals surface area contributed by atoms with Crippen molar-refractivity contribution in [2.75, 3.05) is 6.61 Å². The summed E-state index contributed by atoms with van der Waals surface area (Å²) in [5.41, 5.74) is 6.87. The van der Waals surface area contributed by atoms with Gasteiger partial charge in [0.05, 0.1) is 23.9 Å². The topological polar surface area (TPSA) is 77.6 Å². The van der Waals surface area contributed by atoms with Crippen LogP contribution in [0.25, 0.3) is 6.08 Å². The number of nitrogens with zero attached hydrogens (tertiary/aromatic N) is 1. The Morgan fingerprint density at radius 3 is 2.52 bits per heavy atom. The van der Waals surface area contributed by atoms with Crippen LogP contribution >= 0.6 is 0 Å². The van der Waals surface area contributed by atoms with Gasteiger partial charge in [0.15, 0.2) is 0 Å². The summed E-state index contributed by atoms with van der Waals surface area (Å²) < 4.78 is 11.8. The molecule has 0 aromatic carbocycles. The van der Waals surface area contributed by atoms with Gasteiger partial charge in [0.2, 0.25) is 0 Å². The van der Waals surface area contributed by atoms with Gasteiger partial charge in [-0.1, -0.05) is 12.1 Å². The number of aliphatic hydroxyl groups is 1. The van der Waals surface area contributed by atoms with Crippen molar-refractivity contribution in [1.29, 1.82) is 0 Å². The van der Waals surface area contributed by atoms with E-state index in [2.05, 4.69) is 4.98 Å². The second-order valence-corrected chi connectivity index (χ2v) is 6.28. The summed E-state index contributed by atoms with van der Waals surface area (Å²) in [6.45, 7) is 7.94. The first-order chi connectivity index (χ1) is 9.77. The summed E-state index contributed by atoms with van der Waals surface area (Å²) in [7, 11) is -0.402. The second-order valence-electron chi connectivity index (χ2n) is 6.28. The number of hydrogen-bond acceptors (Lipinski definition) is 5. The number of hydrogen-bond donors (Lipinski definition) is 2. The van der Waals surface area contributed by atoms with Crippen LogP contribution in [-0.2, 0) is 9.31 Å². The van der Waals surface area contributed by atoms with E-state index in [9.17, 15) is 5.11 Å². The van der Waals surface area contributed by atoms with Crippen molar-refractivity contribution in [3.05, 3.63) is 35.6 Å². The van der Waals surface area contributed by atoms with E-state index in [-0.39, 0.29) is 17.8 Å². The Hall–Kier alpha value is -1.21. The Bertz CT molecular complexity index is 515. The number of aromatic nitrogens is 1. The molecule has 1 aromatic heterocycles. The van der Waals surface area contributed by atoms with Crippen LogP contribution < -0.4 is 5.73 Å². The van der Waals surface area contributed by atoms with Crippen LogP contribution in [0.1, 0.15) is 44.9 Å². The molecule has 6 heteroatoms. The van der Waals surface area contributed by atoms with Crippen LogP contribution in [-0.4, -0.2) is 35.0 Å². The van der Waals surface area contributed by atoms with Gasteiger partial charge in [-0.15, -0.1) is 0 Å². The lowest BCUT2D eigenvalue weighted by molar-refractivity contribution is 0.00578. The molecule has 0 aliphatic carbocycles. The Balaban J connectivity index is 2.17. The fourth-order valence-electron chi connectivity index (χ4n) is 2.13. The summed E-state index contributed by atoms with van der Waals surface area (Å²) in [4.78, 5) is 4.05. The van der Waals surface area contributed by atoms with E-state index >= 15 is 0 Å². The molecule has 3 N–H and O–H groups in total. The van der Waals surface area contributed by atoms with Crippen molar-refractivity contribution in [1.82, 2.24) is 4.98 Å². The van der Waals surface area contributed by atoms with Crippen molar-refractivity contribution in [2.24, 2.45) is 5.73 Å². The average Bonchev–Trinajstić information content (AvgIpc) is 2.64. The Morgan fingerprint density at radius 2 is 1.95 bits per heavy atom. The molecule has 2 heterocycles. The molecule has 1 atom stereocenters. The number of aliphatic hydroxyl groups excluding tert-OH is 1. The van der Waals surface area contributed by atoms with E-state index < -0.39 is 13.2 Å².